The number of aryl methyl sites for hydroxylation is 1. The van der Waals surface area contributed by atoms with Gasteiger partial charge in [0, 0.05) is 6.42 Å². The number of aromatic amines is 1. The lowest BCUT2D eigenvalue weighted by molar-refractivity contribution is -0.137. The van der Waals surface area contributed by atoms with E-state index < -0.39 is 11.7 Å². The molecule has 0 amide bonds. The summed E-state index contributed by atoms with van der Waals surface area (Å²) in [5, 5.41) is 8.74. The first-order valence-electron chi connectivity index (χ1n) is 8.36. The molecule has 132 valence electrons. The lowest BCUT2D eigenvalue weighted by Gasteiger charge is -1.99. The fourth-order valence-corrected chi connectivity index (χ4v) is 2.37. The molecule has 2 N–H and O–H groups in total. The number of carboxylic acid groups (broad SMARTS) is 1. The lowest BCUT2D eigenvalue weighted by atomic mass is 10.1. The molecule has 1 aromatic heterocycles. The summed E-state index contributed by atoms with van der Waals surface area (Å²) in [6.07, 6.45) is 6.61. The molecule has 6 heteroatoms. The monoisotopic (exact) mass is 335 g/mol. The third-order valence-corrected chi connectivity index (χ3v) is 3.63. The van der Waals surface area contributed by atoms with Gasteiger partial charge in [0.15, 0.2) is 0 Å². The van der Waals surface area contributed by atoms with Gasteiger partial charge in [0.05, 0.1) is 5.39 Å². The summed E-state index contributed by atoms with van der Waals surface area (Å²) in [5.41, 5.74) is 0.847. The summed E-state index contributed by atoms with van der Waals surface area (Å²) in [4.78, 5) is 34.5. The van der Waals surface area contributed by atoms with Crippen LogP contribution in [0, 0.1) is 0 Å². The Labute approximate surface area is 140 Å². The highest BCUT2D eigenvalue weighted by molar-refractivity contribution is 5.79. The average molecular weight is 335 g/mol. The molecular weight excluding hydrogens is 310 g/mol. The van der Waals surface area contributed by atoms with Gasteiger partial charge in [-0.25, -0.2) is 4.79 Å². The highest BCUT2D eigenvalue weighted by Gasteiger charge is 2.05. The van der Waals surface area contributed by atoms with Gasteiger partial charge < -0.3 is 9.52 Å². The van der Waals surface area contributed by atoms with E-state index in [4.69, 9.17) is 9.52 Å². The van der Waals surface area contributed by atoms with Crippen LogP contribution in [0.1, 0.15) is 57.9 Å². The van der Waals surface area contributed by atoms with E-state index in [-0.39, 0.29) is 5.56 Å². The van der Waals surface area contributed by atoms with Gasteiger partial charge in [0.1, 0.15) is 5.58 Å². The maximum absolute atomic E-state index is 11.5. The molecule has 0 radical (unpaired) electrons. The Morgan fingerprint density at radius 3 is 2.46 bits per heavy atom. The van der Waals surface area contributed by atoms with E-state index in [0.717, 1.165) is 24.8 Å². The first-order chi connectivity index (χ1) is 11.5. The van der Waals surface area contributed by atoms with Gasteiger partial charge in [0.2, 0.25) is 0 Å². The van der Waals surface area contributed by atoms with Crippen LogP contribution in [0.4, 0.5) is 0 Å². The number of carboxylic acids is 1. The van der Waals surface area contributed by atoms with Crippen LogP contribution in [-0.4, -0.2) is 16.1 Å². The molecule has 0 aliphatic rings. The number of benzene rings is 1. The van der Waals surface area contributed by atoms with Crippen molar-refractivity contribution in [1.82, 2.24) is 4.98 Å². The van der Waals surface area contributed by atoms with Crippen LogP contribution >= 0.6 is 0 Å². The van der Waals surface area contributed by atoms with Gasteiger partial charge in [-0.2, -0.15) is 0 Å². The molecule has 0 saturated heterocycles. The van der Waals surface area contributed by atoms with Crippen molar-refractivity contribution in [3.63, 3.8) is 0 Å². The Morgan fingerprint density at radius 1 is 1.12 bits per heavy atom. The van der Waals surface area contributed by atoms with Gasteiger partial charge in [-0.05, 0) is 24.5 Å². The van der Waals surface area contributed by atoms with E-state index in [2.05, 4.69) is 11.9 Å². The number of hydrogen-bond donors (Lipinski definition) is 2. The van der Waals surface area contributed by atoms with E-state index in [1.165, 1.54) is 19.3 Å². The third kappa shape index (κ3) is 6.40. The van der Waals surface area contributed by atoms with Gasteiger partial charge in [-0.1, -0.05) is 51.7 Å². The summed E-state index contributed by atoms with van der Waals surface area (Å²) < 4.78 is 4.87. The van der Waals surface area contributed by atoms with Gasteiger partial charge in [-0.15, -0.1) is 0 Å². The van der Waals surface area contributed by atoms with Crippen molar-refractivity contribution in [3.8, 4) is 0 Å². The molecule has 0 aliphatic heterocycles. The second-order valence-corrected chi connectivity index (χ2v) is 5.55. The maximum atomic E-state index is 11.5. The van der Waals surface area contributed by atoms with Crippen LogP contribution in [-0.2, 0) is 11.2 Å². The lowest BCUT2D eigenvalue weighted by Crippen LogP contribution is -2.18. The second kappa shape index (κ2) is 10.4. The van der Waals surface area contributed by atoms with E-state index >= 15 is 0 Å². The zero-order valence-corrected chi connectivity index (χ0v) is 14.3. The van der Waals surface area contributed by atoms with Crippen LogP contribution < -0.4 is 11.3 Å². The van der Waals surface area contributed by atoms with Crippen molar-refractivity contribution in [1.29, 1.82) is 0 Å². The topological polar surface area (TPSA) is 100 Å². The number of fused-ring (bicyclic) bond motifs is 1. The van der Waals surface area contributed by atoms with Gasteiger partial charge in [-0.3, -0.25) is 14.6 Å². The molecule has 0 atom stereocenters. The van der Waals surface area contributed by atoms with E-state index in [0.29, 0.717) is 17.4 Å². The summed E-state index contributed by atoms with van der Waals surface area (Å²) in [7, 11) is 0. The van der Waals surface area contributed by atoms with E-state index in [1.807, 2.05) is 13.0 Å². The number of hydrogen-bond acceptors (Lipinski definition) is 4. The van der Waals surface area contributed by atoms with Crippen molar-refractivity contribution in [3.05, 3.63) is 44.7 Å². The number of aromatic nitrogens is 1. The first kappa shape index (κ1) is 19.7. The van der Waals surface area contributed by atoms with Gasteiger partial charge >= 0.3 is 11.7 Å². The van der Waals surface area contributed by atoms with Crippen molar-refractivity contribution >= 4 is 16.9 Å². The number of carbonyl (C=O) groups is 1. The molecular formula is C18H25NO5. The highest BCUT2D eigenvalue weighted by atomic mass is 16.4. The number of nitrogens with one attached hydrogen (secondary N) is 1. The van der Waals surface area contributed by atoms with Crippen molar-refractivity contribution in [2.45, 2.75) is 58.8 Å². The molecule has 0 fully saturated rings. The molecule has 2 rings (SSSR count). The Kier molecular flexibility index (Phi) is 8.54. The fourth-order valence-electron chi connectivity index (χ4n) is 2.37. The summed E-state index contributed by atoms with van der Waals surface area (Å²) in [6.45, 7) is 4.09. The SMILES string of the molecule is CCCCCCCC(=O)O.CCc1cccc2oc(=O)[nH]c(=O)c12. The molecule has 0 spiro atoms. The molecule has 0 bridgehead atoms. The molecule has 0 saturated carbocycles. The zero-order chi connectivity index (χ0) is 17.9. The van der Waals surface area contributed by atoms with Crippen molar-refractivity contribution < 1.29 is 14.3 Å². The van der Waals surface area contributed by atoms with Crippen LogP contribution in [0.5, 0.6) is 0 Å². The molecule has 1 heterocycles. The van der Waals surface area contributed by atoms with Crippen LogP contribution in [0.15, 0.2) is 32.2 Å². The Hall–Kier alpha value is -2.37. The van der Waals surface area contributed by atoms with Crippen LogP contribution in [0.3, 0.4) is 0 Å². The van der Waals surface area contributed by atoms with Crippen LogP contribution in [0.2, 0.25) is 0 Å². The Bertz CT molecular complexity index is 760. The molecule has 1 aromatic carbocycles. The van der Waals surface area contributed by atoms with Crippen molar-refractivity contribution in [2.75, 3.05) is 0 Å². The standard InChI is InChI=1S/C10H9NO3.C8H16O2/c1-2-6-4-3-5-7-8(6)9(12)11-10(13)14-7;1-2-3-4-5-6-7-8(9)10/h3-5H,2H2,1H3,(H,11,12,13);2-7H2,1H3,(H,9,10). The molecule has 6 nitrogen and oxygen atoms in total. The molecule has 24 heavy (non-hydrogen) atoms. The smallest absolute Gasteiger partial charge is 0.419 e. The minimum Gasteiger partial charge on any atom is -0.481 e. The number of H-pyrrole nitrogens is 1. The predicted molar refractivity (Wildman–Crippen MR) is 93.5 cm³/mol. The first-order valence-corrected chi connectivity index (χ1v) is 8.36. The Morgan fingerprint density at radius 2 is 1.83 bits per heavy atom. The quantitative estimate of drug-likeness (QED) is 0.755. The normalized spacial score (nSPS) is 10.2. The number of unbranched alkanes of at least 4 members (excludes halogenated alkanes) is 4. The number of aliphatic carboxylic acids is 1. The minimum atomic E-state index is -0.712. The molecule has 0 aliphatic carbocycles. The Balaban J connectivity index is 0.000000257. The zero-order valence-electron chi connectivity index (χ0n) is 14.3. The van der Waals surface area contributed by atoms with E-state index in [9.17, 15) is 14.4 Å². The van der Waals surface area contributed by atoms with Crippen LogP contribution in [0.25, 0.3) is 11.0 Å². The molecule has 0 unspecified atom stereocenters. The third-order valence-electron chi connectivity index (χ3n) is 3.63. The maximum Gasteiger partial charge on any atom is 0.419 e. The fraction of sp³-hybridized carbons (Fsp3) is 0.500. The second-order valence-electron chi connectivity index (χ2n) is 5.55. The largest absolute Gasteiger partial charge is 0.481 e. The average Bonchev–Trinajstić information content (AvgIpc) is 2.54. The highest BCUT2D eigenvalue weighted by Crippen LogP contribution is 2.13. The number of rotatable bonds is 7. The molecule has 2 aromatic rings. The summed E-state index contributed by atoms with van der Waals surface area (Å²) >= 11 is 0. The summed E-state index contributed by atoms with van der Waals surface area (Å²) in [6, 6.07) is 5.23. The predicted octanol–water partition coefficient (Wildman–Crippen LogP) is 3.48. The van der Waals surface area contributed by atoms with Crippen molar-refractivity contribution in [2.24, 2.45) is 0 Å². The summed E-state index contributed by atoms with van der Waals surface area (Å²) in [5.74, 6) is -1.38. The van der Waals surface area contributed by atoms with Gasteiger partial charge in [0.25, 0.3) is 5.56 Å². The van der Waals surface area contributed by atoms with E-state index in [1.54, 1.807) is 12.1 Å². The minimum absolute atomic E-state index is 0.337.